The van der Waals surface area contributed by atoms with E-state index in [1.54, 1.807) is 42.4 Å². The summed E-state index contributed by atoms with van der Waals surface area (Å²) < 4.78 is 42.8. The highest BCUT2D eigenvalue weighted by molar-refractivity contribution is 7.70. The van der Waals surface area contributed by atoms with E-state index in [9.17, 15) is 18.6 Å². The van der Waals surface area contributed by atoms with Crippen molar-refractivity contribution >= 4 is 34.9 Å². The van der Waals surface area contributed by atoms with Gasteiger partial charge in [-0.2, -0.15) is 10.4 Å². The van der Waals surface area contributed by atoms with Crippen LogP contribution in [0, 0.1) is 23.0 Å². The van der Waals surface area contributed by atoms with Gasteiger partial charge in [-0.15, -0.1) is 0 Å². The van der Waals surface area contributed by atoms with Crippen LogP contribution in [0.25, 0.3) is 28.1 Å². The fourth-order valence-corrected chi connectivity index (χ4v) is 6.16. The van der Waals surface area contributed by atoms with Crippen molar-refractivity contribution < 1.29 is 13.3 Å². The molecule has 1 atom stereocenters. The van der Waals surface area contributed by atoms with Crippen LogP contribution in [-0.2, 0) is 4.57 Å². The molecule has 0 radical (unpaired) electrons. The summed E-state index contributed by atoms with van der Waals surface area (Å²) in [6.45, 7) is 3.92. The SMILES string of the molecule is CP(C)(=O)c1cc2[nH]c(-c3cnn4ccc(N5CCCC5c5cc(F)ccc5F)nc34)nc2cc1C#N. The molecule has 2 aromatic carbocycles. The summed E-state index contributed by atoms with van der Waals surface area (Å²) in [7, 11) is -2.68. The van der Waals surface area contributed by atoms with E-state index < -0.39 is 18.8 Å². The topological polar surface area (TPSA) is 103 Å². The minimum absolute atomic E-state index is 0.318. The first-order valence-corrected chi connectivity index (χ1v) is 14.4. The van der Waals surface area contributed by atoms with Crippen LogP contribution in [0.3, 0.4) is 0 Å². The Balaban J connectivity index is 1.43. The van der Waals surface area contributed by atoms with Crippen molar-refractivity contribution in [3.8, 4) is 17.5 Å². The highest BCUT2D eigenvalue weighted by Gasteiger charge is 2.30. The zero-order chi connectivity index (χ0) is 25.9. The van der Waals surface area contributed by atoms with E-state index in [2.05, 4.69) is 21.1 Å². The van der Waals surface area contributed by atoms with Crippen molar-refractivity contribution in [1.29, 1.82) is 5.26 Å². The third-order valence-corrected chi connectivity index (χ3v) is 8.30. The fraction of sp³-hybridized carbons (Fsp3) is 0.231. The van der Waals surface area contributed by atoms with Gasteiger partial charge >= 0.3 is 0 Å². The van der Waals surface area contributed by atoms with Crippen LogP contribution in [0.1, 0.15) is 30.0 Å². The average molecular weight is 517 g/mol. The molecule has 1 aliphatic rings. The molecule has 0 amide bonds. The Labute approximate surface area is 211 Å². The number of hydrogen-bond acceptors (Lipinski definition) is 6. The van der Waals surface area contributed by atoms with Crippen LogP contribution in [-0.4, -0.2) is 44.4 Å². The van der Waals surface area contributed by atoms with Gasteiger partial charge in [0.1, 0.15) is 30.4 Å². The van der Waals surface area contributed by atoms with Crippen LogP contribution in [0.2, 0.25) is 0 Å². The van der Waals surface area contributed by atoms with Gasteiger partial charge < -0.3 is 14.4 Å². The lowest BCUT2D eigenvalue weighted by molar-refractivity contribution is 0.560. The lowest BCUT2D eigenvalue weighted by Crippen LogP contribution is -2.24. The molecule has 1 N–H and O–H groups in total. The Kier molecular flexibility index (Phi) is 5.35. The molecule has 3 aromatic heterocycles. The van der Waals surface area contributed by atoms with Gasteiger partial charge in [0.25, 0.3) is 0 Å². The lowest BCUT2D eigenvalue weighted by atomic mass is 10.0. The Morgan fingerprint density at radius 2 is 2.00 bits per heavy atom. The number of fused-ring (bicyclic) bond motifs is 2. The maximum Gasteiger partial charge on any atom is 0.168 e. The summed E-state index contributed by atoms with van der Waals surface area (Å²) >= 11 is 0. The van der Waals surface area contributed by atoms with Gasteiger partial charge in [0.15, 0.2) is 5.65 Å². The first-order valence-electron chi connectivity index (χ1n) is 11.8. The number of halogens is 2. The van der Waals surface area contributed by atoms with Crippen molar-refractivity contribution in [3.05, 3.63) is 71.6 Å². The molecular formula is C26H22F2N7OP. The number of nitrogens with zero attached hydrogens (tertiary/aromatic N) is 6. The molecule has 0 bridgehead atoms. The molecule has 1 fully saturated rings. The van der Waals surface area contributed by atoms with Crippen molar-refractivity contribution in [1.82, 2.24) is 24.6 Å². The quantitative estimate of drug-likeness (QED) is 0.336. The molecule has 5 aromatic rings. The number of H-pyrrole nitrogens is 1. The van der Waals surface area contributed by atoms with Gasteiger partial charge in [-0.1, -0.05) is 0 Å². The third-order valence-electron chi connectivity index (χ3n) is 6.77. The van der Waals surface area contributed by atoms with E-state index >= 15 is 0 Å². The molecule has 6 rings (SSSR count). The van der Waals surface area contributed by atoms with Gasteiger partial charge in [0.05, 0.1) is 40.5 Å². The maximum absolute atomic E-state index is 14.6. The zero-order valence-corrected chi connectivity index (χ0v) is 21.0. The summed E-state index contributed by atoms with van der Waals surface area (Å²) in [5, 5.41) is 14.5. The van der Waals surface area contributed by atoms with Crippen molar-refractivity contribution in [3.63, 3.8) is 0 Å². The summed E-state index contributed by atoms with van der Waals surface area (Å²) in [4.78, 5) is 14.7. The molecule has 37 heavy (non-hydrogen) atoms. The largest absolute Gasteiger partial charge is 0.349 e. The Bertz CT molecular complexity index is 1780. The molecule has 4 heterocycles. The maximum atomic E-state index is 14.6. The second-order valence-corrected chi connectivity index (χ2v) is 12.7. The van der Waals surface area contributed by atoms with Gasteiger partial charge in [-0.25, -0.2) is 23.3 Å². The van der Waals surface area contributed by atoms with Gasteiger partial charge in [-0.05, 0) is 62.6 Å². The third kappa shape index (κ3) is 3.96. The second-order valence-electron chi connectivity index (χ2n) is 9.56. The van der Waals surface area contributed by atoms with E-state index in [0.29, 0.717) is 63.3 Å². The second kappa shape index (κ2) is 8.49. The van der Waals surface area contributed by atoms with Crippen LogP contribution in [0.4, 0.5) is 14.6 Å². The fourth-order valence-electron chi connectivity index (χ4n) is 5.03. The van der Waals surface area contributed by atoms with E-state index in [1.807, 2.05) is 11.0 Å². The Morgan fingerprint density at radius 3 is 2.78 bits per heavy atom. The lowest BCUT2D eigenvalue weighted by Gasteiger charge is -2.26. The number of aromatic nitrogens is 5. The molecular weight excluding hydrogens is 495 g/mol. The molecule has 1 saturated heterocycles. The number of imidazole rings is 1. The number of benzene rings is 2. The Morgan fingerprint density at radius 1 is 1.16 bits per heavy atom. The first-order chi connectivity index (χ1) is 17.7. The van der Waals surface area contributed by atoms with Crippen molar-refractivity contribution in [2.24, 2.45) is 0 Å². The number of rotatable bonds is 4. The standard InChI is InChI=1S/C26H22F2N7OP/c1-37(2,36)23-12-21-20(10-15(23)13-29)31-25(32-21)18-14-30-35-9-7-24(33-26(18)35)34-8-3-4-22(34)17-11-16(27)5-6-19(17)28/h5-7,9-12,14,22H,3-4,8H2,1-2H3,(H,31,32). The zero-order valence-electron chi connectivity index (χ0n) is 20.1. The number of anilines is 1. The molecule has 186 valence electrons. The van der Waals surface area contributed by atoms with E-state index in [-0.39, 0.29) is 6.04 Å². The monoisotopic (exact) mass is 517 g/mol. The van der Waals surface area contributed by atoms with Crippen LogP contribution < -0.4 is 10.2 Å². The van der Waals surface area contributed by atoms with E-state index in [1.165, 1.54) is 6.07 Å². The molecule has 1 unspecified atom stereocenters. The van der Waals surface area contributed by atoms with E-state index in [4.69, 9.17) is 4.98 Å². The summed E-state index contributed by atoms with van der Waals surface area (Å²) in [6, 6.07) is 10.5. The molecule has 0 saturated carbocycles. The highest BCUT2D eigenvalue weighted by atomic mass is 31.2. The summed E-state index contributed by atoms with van der Waals surface area (Å²) in [5.41, 5.74) is 3.06. The first kappa shape index (κ1) is 23.3. The minimum Gasteiger partial charge on any atom is -0.349 e. The molecule has 0 spiro atoms. The molecule has 1 aliphatic heterocycles. The summed E-state index contributed by atoms with van der Waals surface area (Å²) in [5.74, 6) is 0.224. The van der Waals surface area contributed by atoms with Crippen LogP contribution in [0.5, 0.6) is 0 Å². The van der Waals surface area contributed by atoms with Crippen LogP contribution >= 0.6 is 7.14 Å². The highest BCUT2D eigenvalue weighted by Crippen LogP contribution is 2.39. The van der Waals surface area contributed by atoms with Crippen molar-refractivity contribution in [2.75, 3.05) is 24.8 Å². The smallest absolute Gasteiger partial charge is 0.168 e. The normalized spacial score (nSPS) is 16.1. The number of aromatic amines is 1. The number of hydrogen-bond donors (Lipinski definition) is 1. The predicted octanol–water partition coefficient (Wildman–Crippen LogP) is 5.01. The van der Waals surface area contributed by atoms with Gasteiger partial charge in [-0.3, -0.25) is 0 Å². The van der Waals surface area contributed by atoms with Crippen LogP contribution in [0.15, 0.2) is 48.8 Å². The molecule has 11 heteroatoms. The van der Waals surface area contributed by atoms with E-state index in [0.717, 1.165) is 18.6 Å². The minimum atomic E-state index is -2.68. The molecule has 8 nitrogen and oxygen atoms in total. The predicted molar refractivity (Wildman–Crippen MR) is 138 cm³/mol. The molecule has 0 aliphatic carbocycles. The number of nitriles is 1. The van der Waals surface area contributed by atoms with Gasteiger partial charge in [0, 0.05) is 23.6 Å². The Hall–Kier alpha value is -4.09. The van der Waals surface area contributed by atoms with Crippen molar-refractivity contribution in [2.45, 2.75) is 18.9 Å². The summed E-state index contributed by atoms with van der Waals surface area (Å²) in [6.07, 6.45) is 4.93. The number of nitrogens with one attached hydrogen (secondary N) is 1. The van der Waals surface area contributed by atoms with Gasteiger partial charge in [0.2, 0.25) is 0 Å². The average Bonchev–Trinajstić information content (AvgIpc) is 3.61.